The summed E-state index contributed by atoms with van der Waals surface area (Å²) in [6.07, 6.45) is 3.51. The summed E-state index contributed by atoms with van der Waals surface area (Å²) in [5.74, 6) is 0.495. The molecule has 1 aromatic carbocycles. The van der Waals surface area contributed by atoms with Crippen molar-refractivity contribution in [2.75, 3.05) is 13.2 Å². The molecule has 4 heteroatoms. The Bertz CT molecular complexity index is 479. The first-order chi connectivity index (χ1) is 9.20. The number of amides is 1. The predicted molar refractivity (Wildman–Crippen MR) is 74.0 cm³/mol. The summed E-state index contributed by atoms with van der Waals surface area (Å²) in [5.41, 5.74) is 0.835. The van der Waals surface area contributed by atoms with Crippen LogP contribution in [0.25, 0.3) is 0 Å². The average Bonchev–Trinajstić information content (AvgIpc) is 2.97. The van der Waals surface area contributed by atoms with E-state index in [0.717, 1.165) is 36.5 Å². The van der Waals surface area contributed by atoms with Crippen LogP contribution in [0.15, 0.2) is 24.3 Å². The molecule has 2 fully saturated rings. The Labute approximate surface area is 118 Å². The third kappa shape index (κ3) is 2.77. The fourth-order valence-corrected chi connectivity index (χ4v) is 3.08. The van der Waals surface area contributed by atoms with Crippen molar-refractivity contribution in [3.63, 3.8) is 0 Å². The van der Waals surface area contributed by atoms with Gasteiger partial charge in [0.05, 0.1) is 5.54 Å². The summed E-state index contributed by atoms with van der Waals surface area (Å²) in [6, 6.07) is 7.78. The first kappa shape index (κ1) is 12.9. The summed E-state index contributed by atoms with van der Waals surface area (Å²) in [5, 5.41) is 3.91. The van der Waals surface area contributed by atoms with Crippen LogP contribution in [-0.4, -0.2) is 19.1 Å². The van der Waals surface area contributed by atoms with Crippen molar-refractivity contribution in [2.24, 2.45) is 5.92 Å². The lowest BCUT2D eigenvalue weighted by Gasteiger charge is -2.20. The molecule has 19 heavy (non-hydrogen) atoms. The summed E-state index contributed by atoms with van der Waals surface area (Å²) in [4.78, 5) is 12.1. The van der Waals surface area contributed by atoms with E-state index in [1.807, 2.05) is 24.3 Å². The molecule has 3 rings (SSSR count). The van der Waals surface area contributed by atoms with E-state index in [1.54, 1.807) is 0 Å². The summed E-state index contributed by atoms with van der Waals surface area (Å²) in [7, 11) is 0. The van der Waals surface area contributed by atoms with Crippen LogP contribution < -0.4 is 5.32 Å². The van der Waals surface area contributed by atoms with E-state index in [-0.39, 0.29) is 11.4 Å². The van der Waals surface area contributed by atoms with Gasteiger partial charge in [-0.1, -0.05) is 29.8 Å². The van der Waals surface area contributed by atoms with Crippen LogP contribution in [0.4, 0.5) is 0 Å². The zero-order valence-electron chi connectivity index (χ0n) is 10.8. The number of nitrogens with one attached hydrogen (secondary N) is 1. The van der Waals surface area contributed by atoms with Gasteiger partial charge in [-0.25, -0.2) is 0 Å². The zero-order valence-corrected chi connectivity index (χ0v) is 11.6. The predicted octanol–water partition coefficient (Wildman–Crippen LogP) is 2.87. The number of rotatable bonds is 4. The maximum absolute atomic E-state index is 12.1. The Kier molecular flexibility index (Phi) is 3.50. The number of halogens is 1. The Balaban J connectivity index is 1.65. The molecule has 1 saturated carbocycles. The SMILES string of the molecule is O=C(C[C@H]1CCOC1)NC1(c2ccccc2Cl)CC1. The molecule has 1 aliphatic carbocycles. The number of hydrogen-bond acceptors (Lipinski definition) is 2. The summed E-state index contributed by atoms with van der Waals surface area (Å²) < 4.78 is 5.31. The Morgan fingerprint density at radius 2 is 2.21 bits per heavy atom. The molecule has 0 spiro atoms. The second-order valence-electron chi connectivity index (χ2n) is 5.54. The lowest BCUT2D eigenvalue weighted by Crippen LogP contribution is -2.36. The van der Waals surface area contributed by atoms with E-state index in [4.69, 9.17) is 16.3 Å². The van der Waals surface area contributed by atoms with E-state index in [9.17, 15) is 4.79 Å². The van der Waals surface area contributed by atoms with Gasteiger partial charge in [0.1, 0.15) is 0 Å². The first-order valence-electron chi connectivity index (χ1n) is 6.83. The van der Waals surface area contributed by atoms with Gasteiger partial charge in [-0.15, -0.1) is 0 Å². The number of carbonyl (C=O) groups excluding carboxylic acids is 1. The molecule has 1 aliphatic heterocycles. The van der Waals surface area contributed by atoms with E-state index in [2.05, 4.69) is 5.32 Å². The van der Waals surface area contributed by atoms with Gasteiger partial charge in [-0.05, 0) is 36.8 Å². The molecule has 102 valence electrons. The minimum absolute atomic E-state index is 0.118. The van der Waals surface area contributed by atoms with Gasteiger partial charge in [-0.2, -0.15) is 0 Å². The molecule has 3 nitrogen and oxygen atoms in total. The lowest BCUT2D eigenvalue weighted by atomic mass is 10.0. The molecule has 1 amide bonds. The number of carbonyl (C=O) groups is 1. The van der Waals surface area contributed by atoms with Crippen molar-refractivity contribution in [1.29, 1.82) is 0 Å². The number of hydrogen-bond donors (Lipinski definition) is 1. The van der Waals surface area contributed by atoms with Gasteiger partial charge in [-0.3, -0.25) is 4.79 Å². The van der Waals surface area contributed by atoms with Crippen LogP contribution in [0.5, 0.6) is 0 Å². The maximum atomic E-state index is 12.1. The molecule has 0 bridgehead atoms. The van der Waals surface area contributed by atoms with Crippen LogP contribution in [-0.2, 0) is 15.1 Å². The molecule has 0 unspecified atom stereocenters. The normalized spacial score (nSPS) is 24.2. The fraction of sp³-hybridized carbons (Fsp3) is 0.533. The van der Waals surface area contributed by atoms with Gasteiger partial charge in [0.15, 0.2) is 0 Å². The van der Waals surface area contributed by atoms with E-state index in [1.165, 1.54) is 0 Å². The monoisotopic (exact) mass is 279 g/mol. The first-order valence-corrected chi connectivity index (χ1v) is 7.21. The molecule has 1 aromatic rings. The molecule has 0 aromatic heterocycles. The third-order valence-corrected chi connectivity index (χ3v) is 4.35. The van der Waals surface area contributed by atoms with Crippen molar-refractivity contribution in [3.8, 4) is 0 Å². The summed E-state index contributed by atoms with van der Waals surface area (Å²) >= 11 is 6.23. The van der Waals surface area contributed by atoms with E-state index in [0.29, 0.717) is 18.9 Å². The van der Waals surface area contributed by atoms with Crippen molar-refractivity contribution in [3.05, 3.63) is 34.9 Å². The topological polar surface area (TPSA) is 38.3 Å². The minimum atomic E-state index is -0.213. The highest BCUT2D eigenvalue weighted by Crippen LogP contribution is 2.48. The highest BCUT2D eigenvalue weighted by molar-refractivity contribution is 6.31. The van der Waals surface area contributed by atoms with Crippen LogP contribution in [0, 0.1) is 5.92 Å². The highest BCUT2D eigenvalue weighted by Gasteiger charge is 2.46. The largest absolute Gasteiger partial charge is 0.381 e. The maximum Gasteiger partial charge on any atom is 0.221 e. The van der Waals surface area contributed by atoms with Crippen molar-refractivity contribution >= 4 is 17.5 Å². The smallest absolute Gasteiger partial charge is 0.221 e. The van der Waals surface area contributed by atoms with Gasteiger partial charge < -0.3 is 10.1 Å². The highest BCUT2D eigenvalue weighted by atomic mass is 35.5. The second kappa shape index (κ2) is 5.14. The zero-order chi connectivity index (χ0) is 13.3. The quantitative estimate of drug-likeness (QED) is 0.920. The molecule has 1 N–H and O–H groups in total. The molecular weight excluding hydrogens is 262 g/mol. The molecule has 1 heterocycles. The van der Waals surface area contributed by atoms with Crippen LogP contribution in [0.3, 0.4) is 0 Å². The van der Waals surface area contributed by atoms with Gasteiger partial charge in [0.25, 0.3) is 0 Å². The van der Waals surface area contributed by atoms with Crippen molar-refractivity contribution in [2.45, 2.75) is 31.2 Å². The third-order valence-electron chi connectivity index (χ3n) is 4.02. The molecule has 2 aliphatic rings. The standard InChI is InChI=1S/C15H18ClNO2/c16-13-4-2-1-3-12(13)15(6-7-15)17-14(18)9-11-5-8-19-10-11/h1-4,11H,5-10H2,(H,17,18)/t11-/m1/s1. The van der Waals surface area contributed by atoms with Crippen LogP contribution >= 0.6 is 11.6 Å². The van der Waals surface area contributed by atoms with E-state index < -0.39 is 0 Å². The van der Waals surface area contributed by atoms with Crippen molar-refractivity contribution in [1.82, 2.24) is 5.32 Å². The van der Waals surface area contributed by atoms with Crippen molar-refractivity contribution < 1.29 is 9.53 Å². The Morgan fingerprint density at radius 3 is 2.84 bits per heavy atom. The van der Waals surface area contributed by atoms with Crippen LogP contribution in [0.1, 0.15) is 31.2 Å². The molecule has 0 radical (unpaired) electrons. The van der Waals surface area contributed by atoms with Gasteiger partial charge in [0, 0.05) is 24.7 Å². The second-order valence-corrected chi connectivity index (χ2v) is 5.95. The molecular formula is C15H18ClNO2. The number of benzene rings is 1. The van der Waals surface area contributed by atoms with Crippen LogP contribution in [0.2, 0.25) is 5.02 Å². The fourth-order valence-electron chi connectivity index (χ4n) is 2.76. The molecule has 1 atom stereocenters. The molecule has 1 saturated heterocycles. The Hall–Kier alpha value is -1.06. The Morgan fingerprint density at radius 1 is 1.42 bits per heavy atom. The lowest BCUT2D eigenvalue weighted by molar-refractivity contribution is -0.123. The van der Waals surface area contributed by atoms with Gasteiger partial charge >= 0.3 is 0 Å². The van der Waals surface area contributed by atoms with Gasteiger partial charge in [0.2, 0.25) is 5.91 Å². The summed E-state index contributed by atoms with van der Waals surface area (Å²) in [6.45, 7) is 1.50. The minimum Gasteiger partial charge on any atom is -0.381 e. The number of ether oxygens (including phenoxy) is 1. The van der Waals surface area contributed by atoms with E-state index >= 15 is 0 Å². The average molecular weight is 280 g/mol.